The first-order chi connectivity index (χ1) is 11.4. The third-order valence-electron chi connectivity index (χ3n) is 3.86. The lowest BCUT2D eigenvalue weighted by molar-refractivity contribution is -0.137. The van der Waals surface area contributed by atoms with Gasteiger partial charge in [-0.1, -0.05) is 12.1 Å². The number of carbonyl (C=O) groups excluding carboxylic acids is 1. The monoisotopic (exact) mass is 348 g/mol. The Labute approximate surface area is 142 Å². The zero-order valence-electron chi connectivity index (χ0n) is 13.2. The topological polar surface area (TPSA) is 70.5 Å². The Morgan fingerprint density at radius 2 is 2.00 bits per heavy atom. The van der Waals surface area contributed by atoms with E-state index in [1.165, 1.54) is 28.4 Å². The van der Waals surface area contributed by atoms with E-state index in [4.69, 9.17) is 5.11 Å². The molecule has 1 amide bonds. The number of carbonyl (C=O) groups is 2. The number of carboxylic acid groups (broad SMARTS) is 1. The van der Waals surface area contributed by atoms with Crippen molar-refractivity contribution in [1.29, 1.82) is 0 Å². The van der Waals surface area contributed by atoms with Crippen LogP contribution in [0.4, 0.5) is 4.39 Å². The minimum atomic E-state index is -1.01. The van der Waals surface area contributed by atoms with Gasteiger partial charge in [-0.05, 0) is 37.5 Å². The normalized spacial score (nSPS) is 13.8. The number of carboxylic acids is 1. The van der Waals surface area contributed by atoms with Crippen molar-refractivity contribution in [1.82, 2.24) is 9.88 Å². The SMILES string of the molecule is Cc1nc(Cc2ccc(F)cc2)sc1C(=O)N(CC(=O)O)C1CC1. The first-order valence-corrected chi connectivity index (χ1v) is 8.49. The summed E-state index contributed by atoms with van der Waals surface area (Å²) in [5.41, 5.74) is 1.52. The van der Waals surface area contributed by atoms with Gasteiger partial charge in [0.25, 0.3) is 5.91 Å². The van der Waals surface area contributed by atoms with E-state index in [1.807, 2.05) is 0 Å². The minimum absolute atomic E-state index is 0.0237. The molecule has 1 saturated carbocycles. The molecule has 0 atom stereocenters. The predicted molar refractivity (Wildman–Crippen MR) is 87.8 cm³/mol. The third-order valence-corrected chi connectivity index (χ3v) is 5.00. The van der Waals surface area contributed by atoms with Gasteiger partial charge in [0.05, 0.1) is 10.7 Å². The predicted octanol–water partition coefficient (Wildman–Crippen LogP) is 2.87. The summed E-state index contributed by atoms with van der Waals surface area (Å²) in [4.78, 5) is 30.0. The fraction of sp³-hybridized carbons (Fsp3) is 0.353. The summed E-state index contributed by atoms with van der Waals surface area (Å²) in [5, 5.41) is 9.77. The van der Waals surface area contributed by atoms with Crippen molar-refractivity contribution in [2.24, 2.45) is 0 Å². The van der Waals surface area contributed by atoms with Crippen molar-refractivity contribution in [3.8, 4) is 0 Å². The highest BCUT2D eigenvalue weighted by Gasteiger charge is 2.35. The highest BCUT2D eigenvalue weighted by atomic mass is 32.1. The Hall–Kier alpha value is -2.28. The van der Waals surface area contributed by atoms with E-state index < -0.39 is 5.97 Å². The fourth-order valence-corrected chi connectivity index (χ4v) is 3.59. The van der Waals surface area contributed by atoms with Gasteiger partial charge in [-0.3, -0.25) is 9.59 Å². The van der Waals surface area contributed by atoms with Gasteiger partial charge in [0.1, 0.15) is 17.2 Å². The molecule has 0 unspecified atom stereocenters. The van der Waals surface area contributed by atoms with Crippen molar-refractivity contribution in [3.63, 3.8) is 0 Å². The Balaban J connectivity index is 1.78. The maximum Gasteiger partial charge on any atom is 0.323 e. The molecule has 1 aliphatic rings. The van der Waals surface area contributed by atoms with Crippen LogP contribution in [0.1, 0.15) is 38.8 Å². The number of aryl methyl sites for hydroxylation is 1. The summed E-state index contributed by atoms with van der Waals surface area (Å²) in [6.07, 6.45) is 2.21. The molecule has 1 aliphatic carbocycles. The molecule has 126 valence electrons. The minimum Gasteiger partial charge on any atom is -0.480 e. The van der Waals surface area contributed by atoms with Crippen molar-refractivity contribution in [2.45, 2.75) is 32.2 Å². The molecule has 0 bridgehead atoms. The van der Waals surface area contributed by atoms with Crippen LogP contribution in [0, 0.1) is 12.7 Å². The molecule has 0 saturated heterocycles. The lowest BCUT2D eigenvalue weighted by Gasteiger charge is -2.19. The molecule has 0 aliphatic heterocycles. The summed E-state index contributed by atoms with van der Waals surface area (Å²) >= 11 is 1.28. The van der Waals surface area contributed by atoms with E-state index in [9.17, 15) is 14.0 Å². The molecule has 1 aromatic carbocycles. The summed E-state index contributed by atoms with van der Waals surface area (Å²) in [6, 6.07) is 6.19. The molecular weight excluding hydrogens is 331 g/mol. The van der Waals surface area contributed by atoms with E-state index in [0.717, 1.165) is 23.4 Å². The molecule has 1 N–H and O–H groups in total. The Bertz CT molecular complexity index is 769. The standard InChI is InChI=1S/C17H17FN2O3S/c1-10-16(17(23)20(9-15(21)22)13-6-7-13)24-14(19-10)8-11-2-4-12(18)5-3-11/h2-5,13H,6-9H2,1H3,(H,21,22). The van der Waals surface area contributed by atoms with E-state index >= 15 is 0 Å². The highest BCUT2D eigenvalue weighted by Crippen LogP contribution is 2.30. The van der Waals surface area contributed by atoms with Crippen molar-refractivity contribution in [2.75, 3.05) is 6.54 Å². The number of halogens is 1. The molecule has 2 aromatic rings. The fourth-order valence-electron chi connectivity index (χ4n) is 2.53. The lowest BCUT2D eigenvalue weighted by atomic mass is 10.1. The summed E-state index contributed by atoms with van der Waals surface area (Å²) in [6.45, 7) is 1.47. The molecule has 1 fully saturated rings. The number of benzene rings is 1. The van der Waals surface area contributed by atoms with E-state index in [-0.39, 0.29) is 24.3 Å². The van der Waals surface area contributed by atoms with Gasteiger partial charge in [-0.15, -0.1) is 11.3 Å². The lowest BCUT2D eigenvalue weighted by Crippen LogP contribution is -2.37. The number of rotatable bonds is 6. The number of hydrogen-bond donors (Lipinski definition) is 1. The smallest absolute Gasteiger partial charge is 0.323 e. The van der Waals surface area contributed by atoms with Crippen molar-refractivity contribution < 1.29 is 19.1 Å². The van der Waals surface area contributed by atoms with Crippen LogP contribution in [0.15, 0.2) is 24.3 Å². The number of thiazole rings is 1. The molecule has 0 spiro atoms. The van der Waals surface area contributed by atoms with Crippen LogP contribution < -0.4 is 0 Å². The zero-order chi connectivity index (χ0) is 17.3. The Morgan fingerprint density at radius 1 is 1.33 bits per heavy atom. The van der Waals surface area contributed by atoms with Gasteiger partial charge in [0.15, 0.2) is 0 Å². The maximum absolute atomic E-state index is 13.0. The molecule has 3 rings (SSSR count). The van der Waals surface area contributed by atoms with Crippen LogP contribution in [0.25, 0.3) is 0 Å². The molecule has 1 heterocycles. The second-order valence-corrected chi connectivity index (χ2v) is 6.97. The van der Waals surface area contributed by atoms with E-state index in [0.29, 0.717) is 17.0 Å². The van der Waals surface area contributed by atoms with Crippen molar-refractivity contribution in [3.05, 3.63) is 51.2 Å². The summed E-state index contributed by atoms with van der Waals surface area (Å²) in [5.74, 6) is -1.57. The van der Waals surface area contributed by atoms with Crippen molar-refractivity contribution >= 4 is 23.2 Å². The largest absolute Gasteiger partial charge is 0.480 e. The molecule has 7 heteroatoms. The van der Waals surface area contributed by atoms with Gasteiger partial charge in [0.2, 0.25) is 0 Å². The summed E-state index contributed by atoms with van der Waals surface area (Å²) < 4.78 is 13.0. The quantitative estimate of drug-likeness (QED) is 0.871. The van der Waals surface area contributed by atoms with Crippen LogP contribution in [0.2, 0.25) is 0 Å². The number of nitrogens with zero attached hydrogens (tertiary/aromatic N) is 2. The van der Waals surface area contributed by atoms with Gasteiger partial charge in [0, 0.05) is 12.5 Å². The number of aromatic nitrogens is 1. The van der Waals surface area contributed by atoms with Crippen LogP contribution in [-0.2, 0) is 11.2 Å². The van der Waals surface area contributed by atoms with Crippen LogP contribution in [0.5, 0.6) is 0 Å². The van der Waals surface area contributed by atoms with Crippen LogP contribution in [-0.4, -0.2) is 39.5 Å². The first-order valence-electron chi connectivity index (χ1n) is 7.67. The average Bonchev–Trinajstić information content (AvgIpc) is 3.30. The molecule has 24 heavy (non-hydrogen) atoms. The number of aliphatic carboxylic acids is 1. The summed E-state index contributed by atoms with van der Waals surface area (Å²) in [7, 11) is 0. The average molecular weight is 348 g/mol. The molecular formula is C17H17FN2O3S. The second kappa shape index (κ2) is 6.68. The van der Waals surface area contributed by atoms with Gasteiger partial charge < -0.3 is 10.0 Å². The van der Waals surface area contributed by atoms with Gasteiger partial charge in [-0.25, -0.2) is 9.37 Å². The zero-order valence-corrected chi connectivity index (χ0v) is 14.0. The number of amides is 1. The highest BCUT2D eigenvalue weighted by molar-refractivity contribution is 7.13. The first kappa shape index (κ1) is 16.6. The molecule has 5 nitrogen and oxygen atoms in total. The Kier molecular flexibility index (Phi) is 4.62. The van der Waals surface area contributed by atoms with Gasteiger partial charge >= 0.3 is 5.97 Å². The van der Waals surface area contributed by atoms with Crippen LogP contribution in [0.3, 0.4) is 0 Å². The number of hydrogen-bond acceptors (Lipinski definition) is 4. The second-order valence-electron chi connectivity index (χ2n) is 5.88. The molecule has 1 aromatic heterocycles. The maximum atomic E-state index is 13.0. The Morgan fingerprint density at radius 3 is 2.58 bits per heavy atom. The molecule has 0 radical (unpaired) electrons. The third kappa shape index (κ3) is 3.79. The van der Waals surface area contributed by atoms with E-state index in [1.54, 1.807) is 19.1 Å². The van der Waals surface area contributed by atoms with Gasteiger partial charge in [-0.2, -0.15) is 0 Å². The van der Waals surface area contributed by atoms with E-state index in [2.05, 4.69) is 4.98 Å². The van der Waals surface area contributed by atoms with Crippen LogP contribution >= 0.6 is 11.3 Å².